The smallest absolute Gasteiger partial charge is 0.306 e. The normalized spacial score (nSPS) is 13.2. The number of esters is 3. The van der Waals surface area contributed by atoms with Crippen LogP contribution >= 0.6 is 0 Å². The molecule has 0 aromatic carbocycles. The van der Waals surface area contributed by atoms with Crippen LogP contribution in [0.3, 0.4) is 0 Å². The van der Waals surface area contributed by atoms with Crippen molar-refractivity contribution in [1.29, 1.82) is 0 Å². The molecule has 0 radical (unpaired) electrons. The molecule has 1 atom stereocenters. The highest BCUT2D eigenvalue weighted by molar-refractivity contribution is 5.71. The first-order valence-corrected chi connectivity index (χ1v) is 28.8. The van der Waals surface area contributed by atoms with E-state index in [2.05, 4.69) is 154 Å². The molecule has 1 unspecified atom stereocenters. The molecule has 0 rings (SSSR count). The average molecular weight is 994 g/mol. The van der Waals surface area contributed by atoms with Crippen LogP contribution in [-0.4, -0.2) is 37.2 Å². The van der Waals surface area contributed by atoms with Crippen LogP contribution < -0.4 is 0 Å². The van der Waals surface area contributed by atoms with Gasteiger partial charge in [0.1, 0.15) is 13.2 Å². The molecule has 0 aromatic rings. The Hall–Kier alpha value is -4.71. The summed E-state index contributed by atoms with van der Waals surface area (Å²) < 4.78 is 16.8. The lowest BCUT2D eigenvalue weighted by Gasteiger charge is -2.18. The molecule has 0 aliphatic rings. The van der Waals surface area contributed by atoms with Crippen molar-refractivity contribution in [2.24, 2.45) is 0 Å². The summed E-state index contributed by atoms with van der Waals surface area (Å²) in [4.78, 5) is 38.1. The quantitative estimate of drug-likeness (QED) is 0.0261. The second-order valence-electron chi connectivity index (χ2n) is 18.4. The first kappa shape index (κ1) is 67.3. The second-order valence-corrected chi connectivity index (χ2v) is 18.4. The molecule has 6 heteroatoms. The molecule has 6 nitrogen and oxygen atoms in total. The lowest BCUT2D eigenvalue weighted by molar-refractivity contribution is -0.166. The van der Waals surface area contributed by atoms with Crippen LogP contribution in [0.5, 0.6) is 0 Å². The van der Waals surface area contributed by atoms with Gasteiger partial charge in [0.25, 0.3) is 0 Å². The van der Waals surface area contributed by atoms with Gasteiger partial charge in [-0.15, -0.1) is 0 Å². The van der Waals surface area contributed by atoms with Crippen LogP contribution in [0.15, 0.2) is 146 Å². The zero-order valence-electron chi connectivity index (χ0n) is 46.1. The highest BCUT2D eigenvalue weighted by Crippen LogP contribution is 2.14. The summed E-state index contributed by atoms with van der Waals surface area (Å²) >= 11 is 0. The first-order chi connectivity index (χ1) is 35.5. The SMILES string of the molecule is CC/C=C\C/C=C\C/C=C\C/C=C\C/C=C\C/C=C\CCCCCCC(=O)OCC(COC(=O)CCCCCCCCCCCCCC)OC(=O)CC/C=C\C/C=C\C/C=C\C/C=C\C/C=C\C/C=C\CC. The monoisotopic (exact) mass is 993 g/mol. The van der Waals surface area contributed by atoms with Crippen molar-refractivity contribution in [2.45, 2.75) is 239 Å². The summed E-state index contributed by atoms with van der Waals surface area (Å²) in [6, 6.07) is 0. The molecule has 0 saturated carbocycles. The van der Waals surface area contributed by atoms with Gasteiger partial charge in [-0.2, -0.15) is 0 Å². The van der Waals surface area contributed by atoms with E-state index in [4.69, 9.17) is 14.2 Å². The fourth-order valence-electron chi connectivity index (χ4n) is 7.35. The molecular formula is C66H104O6. The van der Waals surface area contributed by atoms with Gasteiger partial charge >= 0.3 is 17.9 Å². The van der Waals surface area contributed by atoms with Crippen LogP contribution in [0.4, 0.5) is 0 Å². The van der Waals surface area contributed by atoms with Crippen LogP contribution in [0, 0.1) is 0 Å². The molecule has 0 N–H and O–H groups in total. The van der Waals surface area contributed by atoms with E-state index in [0.29, 0.717) is 19.3 Å². The summed E-state index contributed by atoms with van der Waals surface area (Å²) in [7, 11) is 0. The lowest BCUT2D eigenvalue weighted by Crippen LogP contribution is -2.30. The fraction of sp³-hybridized carbons (Fsp3) is 0.591. The third kappa shape index (κ3) is 56.2. The number of unbranched alkanes of at least 4 members (excludes halogenated alkanes) is 15. The van der Waals surface area contributed by atoms with Gasteiger partial charge in [0.05, 0.1) is 0 Å². The Morgan fingerprint density at radius 1 is 0.292 bits per heavy atom. The molecule has 0 aromatic heterocycles. The Kier molecular flexibility index (Phi) is 55.0. The molecule has 0 amide bonds. The first-order valence-electron chi connectivity index (χ1n) is 28.8. The Morgan fingerprint density at radius 2 is 0.569 bits per heavy atom. The number of hydrogen-bond acceptors (Lipinski definition) is 6. The van der Waals surface area contributed by atoms with Crippen molar-refractivity contribution in [2.75, 3.05) is 13.2 Å². The third-order valence-corrected chi connectivity index (χ3v) is 11.6. The summed E-state index contributed by atoms with van der Waals surface area (Å²) in [6.07, 6.45) is 84.2. The number of hydrogen-bond donors (Lipinski definition) is 0. The molecule has 72 heavy (non-hydrogen) atoms. The zero-order valence-corrected chi connectivity index (χ0v) is 46.1. The van der Waals surface area contributed by atoms with E-state index in [9.17, 15) is 14.4 Å². The summed E-state index contributed by atoms with van der Waals surface area (Å²) in [6.45, 7) is 6.31. The van der Waals surface area contributed by atoms with Crippen molar-refractivity contribution >= 4 is 17.9 Å². The van der Waals surface area contributed by atoms with E-state index in [1.807, 2.05) is 12.2 Å². The number of carbonyl (C=O) groups is 3. The largest absolute Gasteiger partial charge is 0.462 e. The van der Waals surface area contributed by atoms with E-state index in [1.165, 1.54) is 57.8 Å². The van der Waals surface area contributed by atoms with Crippen molar-refractivity contribution < 1.29 is 28.6 Å². The highest BCUT2D eigenvalue weighted by atomic mass is 16.6. The number of rotatable bonds is 50. The molecule has 0 spiro atoms. The van der Waals surface area contributed by atoms with Crippen molar-refractivity contribution in [3.63, 3.8) is 0 Å². The maximum atomic E-state index is 12.8. The van der Waals surface area contributed by atoms with Crippen LogP contribution in [-0.2, 0) is 28.6 Å². The van der Waals surface area contributed by atoms with Gasteiger partial charge in [0, 0.05) is 19.3 Å². The van der Waals surface area contributed by atoms with Gasteiger partial charge in [-0.25, -0.2) is 0 Å². The number of allylic oxidation sites excluding steroid dienone is 24. The Bertz CT molecular complexity index is 1610. The van der Waals surface area contributed by atoms with Gasteiger partial charge < -0.3 is 14.2 Å². The maximum absolute atomic E-state index is 12.8. The van der Waals surface area contributed by atoms with Crippen molar-refractivity contribution in [1.82, 2.24) is 0 Å². The van der Waals surface area contributed by atoms with Gasteiger partial charge in [-0.05, 0) is 109 Å². The minimum Gasteiger partial charge on any atom is -0.462 e. The summed E-state index contributed by atoms with van der Waals surface area (Å²) in [5, 5.41) is 0. The molecular weight excluding hydrogens is 889 g/mol. The van der Waals surface area contributed by atoms with Crippen LogP contribution in [0.1, 0.15) is 233 Å². The minimum absolute atomic E-state index is 0.120. The third-order valence-electron chi connectivity index (χ3n) is 11.6. The molecule has 0 saturated heterocycles. The molecule has 404 valence electrons. The Labute approximate surface area is 442 Å². The van der Waals surface area contributed by atoms with Crippen molar-refractivity contribution in [3.05, 3.63) is 146 Å². The van der Waals surface area contributed by atoms with Crippen LogP contribution in [0.25, 0.3) is 0 Å². The average Bonchev–Trinajstić information content (AvgIpc) is 3.38. The Balaban J connectivity index is 4.54. The predicted octanol–water partition coefficient (Wildman–Crippen LogP) is 19.6. The maximum Gasteiger partial charge on any atom is 0.306 e. The topological polar surface area (TPSA) is 78.9 Å². The molecule has 0 heterocycles. The van der Waals surface area contributed by atoms with E-state index in [1.54, 1.807) is 0 Å². The predicted molar refractivity (Wildman–Crippen MR) is 311 cm³/mol. The Morgan fingerprint density at radius 3 is 0.903 bits per heavy atom. The van der Waals surface area contributed by atoms with Crippen molar-refractivity contribution in [3.8, 4) is 0 Å². The fourth-order valence-corrected chi connectivity index (χ4v) is 7.35. The van der Waals surface area contributed by atoms with Gasteiger partial charge in [-0.3, -0.25) is 14.4 Å². The van der Waals surface area contributed by atoms with Gasteiger partial charge in [0.15, 0.2) is 6.10 Å². The molecule has 0 aliphatic carbocycles. The van der Waals surface area contributed by atoms with E-state index in [0.717, 1.165) is 128 Å². The lowest BCUT2D eigenvalue weighted by atomic mass is 10.0. The van der Waals surface area contributed by atoms with E-state index in [-0.39, 0.29) is 31.6 Å². The van der Waals surface area contributed by atoms with Crippen LogP contribution in [0.2, 0.25) is 0 Å². The van der Waals surface area contributed by atoms with E-state index >= 15 is 0 Å². The second kappa shape index (κ2) is 58.9. The standard InChI is InChI=1S/C66H104O6/c1-4-7-10-13-16-19-22-25-27-29-31-32-33-34-36-37-39-41-44-47-50-53-56-59-65(68)71-62-63(61-70-64(67)58-55-52-49-46-43-24-21-18-15-12-9-6-3)72-66(69)60-57-54-51-48-45-42-40-38-35-30-28-26-23-20-17-14-11-8-5-2/h7-8,10-11,16-17,19-20,25-28,31-32,34-36,38-39,41-42,45,51,54,63H,4-6,9,12-15,18,21-24,29-30,33,37,40,43-44,46-50,52-53,55-62H2,1-3H3/b10-7-,11-8-,19-16-,20-17-,27-25-,28-26-,32-31-,36-34-,38-35-,41-39-,45-42-,54-51-. The number of carbonyl (C=O) groups excluding carboxylic acids is 3. The van der Waals surface area contributed by atoms with Gasteiger partial charge in [-0.1, -0.05) is 250 Å². The number of ether oxygens (including phenoxy) is 3. The molecule has 0 bridgehead atoms. The minimum atomic E-state index is -0.834. The van der Waals surface area contributed by atoms with Gasteiger partial charge in [0.2, 0.25) is 0 Å². The zero-order chi connectivity index (χ0) is 52.2. The molecule has 0 fully saturated rings. The summed E-state index contributed by atoms with van der Waals surface area (Å²) in [5.74, 6) is -1.04. The summed E-state index contributed by atoms with van der Waals surface area (Å²) in [5.41, 5.74) is 0. The molecule has 0 aliphatic heterocycles. The van der Waals surface area contributed by atoms with E-state index < -0.39 is 12.1 Å². The highest BCUT2D eigenvalue weighted by Gasteiger charge is 2.19.